The lowest BCUT2D eigenvalue weighted by molar-refractivity contribution is 0.0982. The monoisotopic (exact) mass is 511 g/mol. The van der Waals surface area contributed by atoms with Crippen molar-refractivity contribution in [3.63, 3.8) is 0 Å². The molecule has 0 bridgehead atoms. The number of piperidine rings is 1. The number of halogens is 2. The lowest BCUT2D eigenvalue weighted by Gasteiger charge is -2.35. The lowest BCUT2D eigenvalue weighted by atomic mass is 10.1. The van der Waals surface area contributed by atoms with Gasteiger partial charge in [0.15, 0.2) is 0 Å². The third-order valence-electron chi connectivity index (χ3n) is 6.37. The number of anilines is 5. The Kier molecular flexibility index (Phi) is 6.69. The lowest BCUT2D eigenvalue weighted by Crippen LogP contribution is -2.46. The summed E-state index contributed by atoms with van der Waals surface area (Å²) in [7, 11) is 4.03. The number of para-hydroxylation sites is 1. The zero-order valence-corrected chi connectivity index (χ0v) is 21.1. The predicted octanol–water partition coefficient (Wildman–Crippen LogP) is 5.09. The number of nitrogens with zero attached hydrogens (tertiary/aromatic N) is 5. The Morgan fingerprint density at radius 2 is 1.69 bits per heavy atom. The van der Waals surface area contributed by atoms with Gasteiger partial charge in [-0.2, -0.15) is 4.98 Å². The van der Waals surface area contributed by atoms with Crippen molar-refractivity contribution in [2.75, 3.05) is 54.3 Å². The van der Waals surface area contributed by atoms with Crippen molar-refractivity contribution in [2.24, 2.45) is 0 Å². The van der Waals surface area contributed by atoms with Crippen molar-refractivity contribution in [3.8, 4) is 0 Å². The van der Waals surface area contributed by atoms with Crippen LogP contribution in [0.1, 0.15) is 23.2 Å². The van der Waals surface area contributed by atoms with Crippen LogP contribution in [0, 0.1) is 0 Å². The summed E-state index contributed by atoms with van der Waals surface area (Å²) < 4.78 is 0. The smallest absolute Gasteiger partial charge is 0.265 e. The third-order valence-corrected chi connectivity index (χ3v) is 6.98. The quantitative estimate of drug-likeness (QED) is 0.494. The highest BCUT2D eigenvalue weighted by atomic mass is 35.5. The number of carbonyl (C=O) groups is 1. The van der Waals surface area contributed by atoms with E-state index in [1.165, 1.54) is 0 Å². The van der Waals surface area contributed by atoms with Gasteiger partial charge in [-0.1, -0.05) is 35.3 Å². The Hall–Kier alpha value is -3.07. The number of amides is 1. The average Bonchev–Trinajstić information content (AvgIpc) is 2.84. The Labute approximate surface area is 214 Å². The number of fused-ring (bicyclic) bond motifs is 1. The van der Waals surface area contributed by atoms with Gasteiger partial charge in [-0.05, 0) is 63.3 Å². The van der Waals surface area contributed by atoms with Crippen LogP contribution in [0.15, 0.2) is 48.7 Å². The SMILES string of the molecule is CN1CCC(Nc2cccc(Nc3ncc4c(n3)N(C)CN(c3c(Cl)cccc3Cl)C4=O)c2)CC1. The van der Waals surface area contributed by atoms with Crippen molar-refractivity contribution < 1.29 is 4.79 Å². The summed E-state index contributed by atoms with van der Waals surface area (Å²) in [5.41, 5.74) is 2.80. The second-order valence-electron chi connectivity index (χ2n) is 9.00. The standard InChI is InChI=1S/C25H27Cl2N7O/c1-32-11-9-16(10-12-32)29-17-5-3-6-18(13-17)30-25-28-14-19-23(31-25)33(2)15-34(24(19)35)22-20(26)7-4-8-21(22)27/h3-8,13-14,16,29H,9-12,15H2,1-2H3,(H,28,30,31). The van der Waals surface area contributed by atoms with E-state index in [1.54, 1.807) is 29.3 Å². The molecule has 2 aromatic carbocycles. The summed E-state index contributed by atoms with van der Waals surface area (Å²) in [4.78, 5) is 28.1. The second-order valence-corrected chi connectivity index (χ2v) is 9.82. The van der Waals surface area contributed by atoms with Gasteiger partial charge in [0.25, 0.3) is 5.91 Å². The first kappa shape index (κ1) is 23.7. The van der Waals surface area contributed by atoms with Gasteiger partial charge in [-0.15, -0.1) is 0 Å². The Morgan fingerprint density at radius 3 is 2.43 bits per heavy atom. The van der Waals surface area contributed by atoms with Crippen LogP contribution in [0.2, 0.25) is 10.0 Å². The number of nitrogens with one attached hydrogen (secondary N) is 2. The second kappa shape index (κ2) is 9.89. The summed E-state index contributed by atoms with van der Waals surface area (Å²) in [5, 5.41) is 7.73. The van der Waals surface area contributed by atoms with E-state index in [9.17, 15) is 4.79 Å². The molecule has 1 saturated heterocycles. The van der Waals surface area contributed by atoms with Crippen molar-refractivity contribution in [1.82, 2.24) is 14.9 Å². The molecule has 3 aromatic rings. The van der Waals surface area contributed by atoms with E-state index < -0.39 is 0 Å². The predicted molar refractivity (Wildman–Crippen MR) is 142 cm³/mol. The molecule has 2 aliphatic heterocycles. The number of rotatable bonds is 5. The molecule has 2 N–H and O–H groups in total. The highest BCUT2D eigenvalue weighted by Gasteiger charge is 2.32. The zero-order chi connectivity index (χ0) is 24.5. The van der Waals surface area contributed by atoms with E-state index in [-0.39, 0.29) is 12.6 Å². The molecule has 0 aliphatic carbocycles. The van der Waals surface area contributed by atoms with Crippen LogP contribution in [0.3, 0.4) is 0 Å². The Balaban J connectivity index is 1.33. The first-order valence-corrected chi connectivity index (χ1v) is 12.3. The Bertz CT molecular complexity index is 1230. The maximum Gasteiger partial charge on any atom is 0.265 e. The van der Waals surface area contributed by atoms with Gasteiger partial charge in [0, 0.05) is 30.7 Å². The van der Waals surface area contributed by atoms with Gasteiger partial charge in [0.05, 0.1) is 22.4 Å². The molecule has 0 unspecified atom stereocenters. The maximum atomic E-state index is 13.3. The van der Waals surface area contributed by atoms with Crippen molar-refractivity contribution in [2.45, 2.75) is 18.9 Å². The van der Waals surface area contributed by atoms with E-state index >= 15 is 0 Å². The van der Waals surface area contributed by atoms with Crippen LogP contribution in [0.4, 0.5) is 28.8 Å². The largest absolute Gasteiger partial charge is 0.382 e. The number of aromatic nitrogens is 2. The van der Waals surface area contributed by atoms with E-state index in [2.05, 4.69) is 44.7 Å². The first-order chi connectivity index (χ1) is 16.9. The molecule has 0 atom stereocenters. The van der Waals surface area contributed by atoms with Crippen molar-refractivity contribution >= 4 is 57.9 Å². The molecule has 0 radical (unpaired) electrons. The van der Waals surface area contributed by atoms with E-state index in [0.29, 0.717) is 39.1 Å². The molecule has 182 valence electrons. The van der Waals surface area contributed by atoms with E-state index in [4.69, 9.17) is 23.2 Å². The molecule has 5 rings (SSSR count). The molecule has 2 aliphatic rings. The van der Waals surface area contributed by atoms with E-state index in [0.717, 1.165) is 37.3 Å². The molecule has 0 spiro atoms. The van der Waals surface area contributed by atoms with Crippen LogP contribution >= 0.6 is 23.2 Å². The zero-order valence-electron chi connectivity index (χ0n) is 19.6. The summed E-state index contributed by atoms with van der Waals surface area (Å²) in [6.45, 7) is 2.47. The molecule has 1 fully saturated rings. The number of likely N-dealkylation sites (tertiary alicyclic amines) is 1. The highest BCUT2D eigenvalue weighted by Crippen LogP contribution is 2.37. The molecular weight excluding hydrogens is 485 g/mol. The molecule has 3 heterocycles. The molecule has 35 heavy (non-hydrogen) atoms. The summed E-state index contributed by atoms with van der Waals surface area (Å²) in [6.07, 6.45) is 3.79. The molecular formula is C25H27Cl2N7O. The minimum Gasteiger partial charge on any atom is -0.382 e. The fraction of sp³-hybridized carbons (Fsp3) is 0.320. The van der Waals surface area contributed by atoms with Crippen molar-refractivity contribution in [1.29, 1.82) is 0 Å². The molecule has 0 saturated carbocycles. The number of benzene rings is 2. The fourth-order valence-electron chi connectivity index (χ4n) is 4.49. The van der Waals surface area contributed by atoms with Crippen LogP contribution in [-0.2, 0) is 0 Å². The summed E-state index contributed by atoms with van der Waals surface area (Å²) >= 11 is 12.7. The summed E-state index contributed by atoms with van der Waals surface area (Å²) in [6, 6.07) is 13.7. The summed E-state index contributed by atoms with van der Waals surface area (Å²) in [5.74, 6) is 0.723. The van der Waals surface area contributed by atoms with Crippen molar-refractivity contribution in [3.05, 3.63) is 64.3 Å². The van der Waals surface area contributed by atoms with Gasteiger partial charge in [-0.25, -0.2) is 4.98 Å². The van der Waals surface area contributed by atoms with Gasteiger partial charge in [-0.3, -0.25) is 9.69 Å². The topological polar surface area (TPSA) is 76.6 Å². The third kappa shape index (κ3) is 5.00. The molecule has 1 aromatic heterocycles. The van der Waals surface area contributed by atoms with Gasteiger partial charge in [0.2, 0.25) is 5.95 Å². The van der Waals surface area contributed by atoms with Crippen LogP contribution in [0.5, 0.6) is 0 Å². The molecule has 1 amide bonds. The Morgan fingerprint density at radius 1 is 1.00 bits per heavy atom. The van der Waals surface area contributed by atoms with E-state index in [1.807, 2.05) is 24.1 Å². The van der Waals surface area contributed by atoms with Gasteiger partial charge >= 0.3 is 0 Å². The van der Waals surface area contributed by atoms with Crippen LogP contribution in [0.25, 0.3) is 0 Å². The fourth-order valence-corrected chi connectivity index (χ4v) is 5.09. The van der Waals surface area contributed by atoms with Gasteiger partial charge in [0.1, 0.15) is 11.4 Å². The van der Waals surface area contributed by atoms with Gasteiger partial charge < -0.3 is 20.4 Å². The van der Waals surface area contributed by atoms with Crippen LogP contribution in [-0.4, -0.2) is 60.7 Å². The minimum absolute atomic E-state index is 0.246. The number of hydrogen-bond donors (Lipinski definition) is 2. The maximum absolute atomic E-state index is 13.3. The first-order valence-electron chi connectivity index (χ1n) is 11.6. The van der Waals surface area contributed by atoms with Crippen LogP contribution < -0.4 is 20.4 Å². The highest BCUT2D eigenvalue weighted by molar-refractivity contribution is 6.40. The average molecular weight is 512 g/mol. The molecule has 10 heteroatoms. The minimum atomic E-state index is -0.246. The number of carbonyl (C=O) groups excluding carboxylic acids is 1. The number of hydrogen-bond acceptors (Lipinski definition) is 7. The normalized spacial score (nSPS) is 16.9. The molecule has 8 nitrogen and oxygen atoms in total.